The lowest BCUT2D eigenvalue weighted by molar-refractivity contribution is -0.287. The van der Waals surface area contributed by atoms with Crippen LogP contribution in [-0.4, -0.2) is 57.1 Å². The van der Waals surface area contributed by atoms with Crippen LogP contribution in [0.2, 0.25) is 0 Å². The second-order valence-electron chi connectivity index (χ2n) is 7.94. The summed E-state index contributed by atoms with van der Waals surface area (Å²) < 4.78 is 43.0. The standard InChI is InChI=1S/C24H24F3N3O4/c1-16(31)28-23(34,24(25,26)27)21(13-18-9-5-3-6-10-18)30-20(19-11-7-4-8-12-19)14-29(17(2)32)15-22(30)33/h3-12,14,21,34H,13,15H2,1-2H3,(H,28,31). The summed E-state index contributed by atoms with van der Waals surface area (Å²) in [6, 6.07) is 14.1. The first-order valence-corrected chi connectivity index (χ1v) is 10.4. The van der Waals surface area contributed by atoms with E-state index in [1.807, 2.05) is 0 Å². The monoisotopic (exact) mass is 475 g/mol. The molecule has 2 aromatic rings. The first-order chi connectivity index (χ1) is 15.9. The zero-order chi connectivity index (χ0) is 25.1. The van der Waals surface area contributed by atoms with Crippen LogP contribution in [0, 0.1) is 0 Å². The number of benzene rings is 2. The SMILES string of the molecule is CC(=O)NC(O)(C(Cc1ccccc1)N1C(=O)CN(C(C)=O)C=C1c1ccccc1)C(F)(F)F. The Morgan fingerprint density at radius 2 is 1.59 bits per heavy atom. The van der Waals surface area contributed by atoms with Crippen LogP contribution in [0.3, 0.4) is 0 Å². The Kier molecular flexibility index (Phi) is 7.11. The number of rotatable bonds is 6. The molecule has 0 aliphatic carbocycles. The third-order valence-electron chi connectivity index (χ3n) is 5.45. The third-order valence-corrected chi connectivity index (χ3v) is 5.45. The molecule has 0 saturated carbocycles. The second-order valence-corrected chi connectivity index (χ2v) is 7.94. The van der Waals surface area contributed by atoms with Crippen LogP contribution in [-0.2, 0) is 20.8 Å². The number of nitrogens with one attached hydrogen (secondary N) is 1. The molecule has 3 rings (SSSR count). The van der Waals surface area contributed by atoms with Gasteiger partial charge in [-0.15, -0.1) is 0 Å². The third kappa shape index (κ3) is 5.12. The van der Waals surface area contributed by atoms with Crippen LogP contribution in [0.1, 0.15) is 25.0 Å². The van der Waals surface area contributed by atoms with Crippen LogP contribution < -0.4 is 5.32 Å². The maximum atomic E-state index is 14.3. The molecule has 0 saturated heterocycles. The molecule has 3 amide bonds. The lowest BCUT2D eigenvalue weighted by Gasteiger charge is -2.46. The van der Waals surface area contributed by atoms with Gasteiger partial charge in [0.25, 0.3) is 5.72 Å². The molecule has 0 bridgehead atoms. The topological polar surface area (TPSA) is 89.9 Å². The molecule has 7 nitrogen and oxygen atoms in total. The summed E-state index contributed by atoms with van der Waals surface area (Å²) in [5.74, 6) is -2.45. The van der Waals surface area contributed by atoms with Crippen molar-refractivity contribution in [1.82, 2.24) is 15.1 Å². The molecule has 0 aromatic heterocycles. The molecule has 34 heavy (non-hydrogen) atoms. The molecule has 1 heterocycles. The Hall–Kier alpha value is -3.66. The van der Waals surface area contributed by atoms with E-state index in [2.05, 4.69) is 0 Å². The molecule has 180 valence electrons. The molecule has 2 aromatic carbocycles. The smallest absolute Gasteiger partial charge is 0.362 e. The van der Waals surface area contributed by atoms with Gasteiger partial charge < -0.3 is 20.2 Å². The fraction of sp³-hybridized carbons (Fsp3) is 0.292. The molecule has 0 spiro atoms. The van der Waals surface area contributed by atoms with Gasteiger partial charge in [0.2, 0.25) is 17.7 Å². The van der Waals surface area contributed by atoms with Crippen molar-refractivity contribution in [3.8, 4) is 0 Å². The van der Waals surface area contributed by atoms with Gasteiger partial charge >= 0.3 is 6.18 Å². The van der Waals surface area contributed by atoms with Gasteiger partial charge in [-0.1, -0.05) is 60.7 Å². The lowest BCUT2D eigenvalue weighted by atomic mass is 9.91. The number of nitrogens with zero attached hydrogens (tertiary/aromatic N) is 2. The highest BCUT2D eigenvalue weighted by Gasteiger charge is 2.62. The highest BCUT2D eigenvalue weighted by Crippen LogP contribution is 2.39. The van der Waals surface area contributed by atoms with Gasteiger partial charge in [0.05, 0.1) is 11.7 Å². The molecule has 2 atom stereocenters. The van der Waals surface area contributed by atoms with Gasteiger partial charge in [0, 0.05) is 20.0 Å². The molecular formula is C24H24F3N3O4. The number of halogens is 3. The number of hydrogen-bond donors (Lipinski definition) is 2. The number of aliphatic hydroxyl groups is 1. The highest BCUT2D eigenvalue weighted by molar-refractivity contribution is 5.95. The van der Waals surface area contributed by atoms with E-state index in [1.54, 1.807) is 66.0 Å². The Balaban J connectivity index is 2.25. The number of carbonyl (C=O) groups is 3. The molecular weight excluding hydrogens is 451 g/mol. The largest absolute Gasteiger partial charge is 0.438 e. The molecule has 1 aliphatic rings. The normalized spacial score (nSPS) is 17.0. The maximum absolute atomic E-state index is 14.3. The number of hydrogen-bond acceptors (Lipinski definition) is 4. The summed E-state index contributed by atoms with van der Waals surface area (Å²) in [4.78, 5) is 39.0. The molecule has 2 unspecified atom stereocenters. The van der Waals surface area contributed by atoms with E-state index in [-0.39, 0.29) is 5.70 Å². The molecule has 0 fully saturated rings. The molecule has 10 heteroatoms. The van der Waals surface area contributed by atoms with Crippen molar-refractivity contribution in [3.63, 3.8) is 0 Å². The van der Waals surface area contributed by atoms with E-state index in [0.29, 0.717) is 11.1 Å². The van der Waals surface area contributed by atoms with Gasteiger partial charge in [0.1, 0.15) is 6.54 Å². The summed E-state index contributed by atoms with van der Waals surface area (Å²) >= 11 is 0. The summed E-state index contributed by atoms with van der Waals surface area (Å²) in [5.41, 5.74) is -3.04. The van der Waals surface area contributed by atoms with Crippen LogP contribution in [0.15, 0.2) is 66.9 Å². The highest BCUT2D eigenvalue weighted by atomic mass is 19.4. The molecule has 2 N–H and O–H groups in total. The lowest BCUT2D eigenvalue weighted by Crippen LogP contribution is -2.71. The van der Waals surface area contributed by atoms with Crippen molar-refractivity contribution < 1.29 is 32.7 Å². The second kappa shape index (κ2) is 9.68. The predicted octanol–water partition coefficient (Wildman–Crippen LogP) is 2.67. The van der Waals surface area contributed by atoms with Gasteiger partial charge in [-0.05, 0) is 17.5 Å². The fourth-order valence-corrected chi connectivity index (χ4v) is 3.85. The van der Waals surface area contributed by atoms with E-state index in [0.717, 1.165) is 16.7 Å². The number of alkyl halides is 3. The van der Waals surface area contributed by atoms with Crippen LogP contribution in [0.25, 0.3) is 5.70 Å². The van der Waals surface area contributed by atoms with Crippen molar-refractivity contribution >= 4 is 23.4 Å². The van der Waals surface area contributed by atoms with Crippen LogP contribution in [0.4, 0.5) is 13.2 Å². The van der Waals surface area contributed by atoms with E-state index >= 15 is 0 Å². The Morgan fingerprint density at radius 3 is 2.09 bits per heavy atom. The summed E-state index contributed by atoms with van der Waals surface area (Å²) in [6.45, 7) is 1.55. The van der Waals surface area contributed by atoms with Crippen LogP contribution >= 0.6 is 0 Å². The zero-order valence-electron chi connectivity index (χ0n) is 18.5. The quantitative estimate of drug-likeness (QED) is 0.629. The average molecular weight is 475 g/mol. The number of amides is 3. The van der Waals surface area contributed by atoms with E-state index in [9.17, 15) is 32.7 Å². The first-order valence-electron chi connectivity index (χ1n) is 10.4. The molecule has 0 radical (unpaired) electrons. The summed E-state index contributed by atoms with van der Waals surface area (Å²) in [5, 5.41) is 12.6. The van der Waals surface area contributed by atoms with Crippen LogP contribution in [0.5, 0.6) is 0 Å². The molecule has 1 aliphatic heterocycles. The average Bonchev–Trinajstić information content (AvgIpc) is 2.77. The minimum atomic E-state index is -5.34. The first kappa shape index (κ1) is 25.0. The van der Waals surface area contributed by atoms with Crippen molar-refractivity contribution in [1.29, 1.82) is 0 Å². The maximum Gasteiger partial charge on any atom is 0.438 e. The van der Waals surface area contributed by atoms with Crippen molar-refractivity contribution in [2.75, 3.05) is 6.54 Å². The van der Waals surface area contributed by atoms with Gasteiger partial charge in [-0.3, -0.25) is 14.4 Å². The zero-order valence-corrected chi connectivity index (χ0v) is 18.5. The Bertz CT molecular complexity index is 1090. The van der Waals surface area contributed by atoms with Gasteiger partial charge in [-0.25, -0.2) is 0 Å². The van der Waals surface area contributed by atoms with E-state index in [1.165, 1.54) is 13.1 Å². The van der Waals surface area contributed by atoms with Crippen molar-refractivity contribution in [3.05, 3.63) is 78.0 Å². The minimum Gasteiger partial charge on any atom is -0.362 e. The summed E-state index contributed by atoms with van der Waals surface area (Å²) in [6.07, 6.45) is -4.49. The van der Waals surface area contributed by atoms with E-state index < -0.39 is 48.6 Å². The Morgan fingerprint density at radius 1 is 1.03 bits per heavy atom. The van der Waals surface area contributed by atoms with E-state index in [4.69, 9.17) is 0 Å². The summed E-state index contributed by atoms with van der Waals surface area (Å²) in [7, 11) is 0. The van der Waals surface area contributed by atoms with Gasteiger partial charge in [0.15, 0.2) is 0 Å². The fourth-order valence-electron chi connectivity index (χ4n) is 3.85. The number of carbonyl (C=O) groups excluding carboxylic acids is 3. The van der Waals surface area contributed by atoms with Gasteiger partial charge in [-0.2, -0.15) is 13.2 Å². The Labute approximate surface area is 194 Å². The van der Waals surface area contributed by atoms with Crippen molar-refractivity contribution in [2.24, 2.45) is 0 Å². The van der Waals surface area contributed by atoms with Crippen molar-refractivity contribution in [2.45, 2.75) is 38.2 Å². The predicted molar refractivity (Wildman–Crippen MR) is 117 cm³/mol. The minimum absolute atomic E-state index is 0.0130.